The SMILES string of the molecule is CC.CC(C)CCC(C)SC(C)CCC(C)S. The van der Waals surface area contributed by atoms with Gasteiger partial charge in [-0.1, -0.05) is 48.5 Å². The third kappa shape index (κ3) is 16.7. The van der Waals surface area contributed by atoms with E-state index in [2.05, 4.69) is 59.0 Å². The van der Waals surface area contributed by atoms with Crippen molar-refractivity contribution in [2.24, 2.45) is 5.92 Å². The molecular formula is C15H34S2. The van der Waals surface area contributed by atoms with Gasteiger partial charge in [-0.3, -0.25) is 0 Å². The van der Waals surface area contributed by atoms with E-state index in [0.29, 0.717) is 5.25 Å². The van der Waals surface area contributed by atoms with Crippen molar-refractivity contribution in [1.29, 1.82) is 0 Å². The zero-order valence-electron chi connectivity index (χ0n) is 13.0. The van der Waals surface area contributed by atoms with Crippen molar-refractivity contribution in [2.75, 3.05) is 0 Å². The van der Waals surface area contributed by atoms with Crippen LogP contribution in [-0.4, -0.2) is 15.7 Å². The van der Waals surface area contributed by atoms with Crippen molar-refractivity contribution >= 4 is 24.4 Å². The Morgan fingerprint density at radius 1 is 0.765 bits per heavy atom. The highest BCUT2D eigenvalue weighted by molar-refractivity contribution is 8.00. The van der Waals surface area contributed by atoms with E-state index in [9.17, 15) is 0 Å². The lowest BCUT2D eigenvalue weighted by molar-refractivity contribution is 0.554. The van der Waals surface area contributed by atoms with E-state index in [1.165, 1.54) is 25.7 Å². The van der Waals surface area contributed by atoms with Crippen LogP contribution in [0.1, 0.15) is 74.1 Å². The molecule has 0 aliphatic carbocycles. The zero-order valence-corrected chi connectivity index (χ0v) is 14.7. The van der Waals surface area contributed by atoms with Gasteiger partial charge in [-0.05, 0) is 36.9 Å². The summed E-state index contributed by atoms with van der Waals surface area (Å²) in [5.41, 5.74) is 0. The second-order valence-corrected chi connectivity index (χ2v) is 7.92. The Kier molecular flexibility index (Phi) is 15.5. The summed E-state index contributed by atoms with van der Waals surface area (Å²) in [5, 5.41) is 2.17. The minimum Gasteiger partial charge on any atom is -0.176 e. The molecule has 2 heteroatoms. The fourth-order valence-corrected chi connectivity index (χ4v) is 3.06. The van der Waals surface area contributed by atoms with E-state index in [4.69, 9.17) is 0 Å². The lowest BCUT2D eigenvalue weighted by Crippen LogP contribution is -2.07. The summed E-state index contributed by atoms with van der Waals surface area (Å²) in [5.74, 6) is 0.848. The third-order valence-electron chi connectivity index (χ3n) is 2.61. The van der Waals surface area contributed by atoms with Crippen molar-refractivity contribution in [3.63, 3.8) is 0 Å². The molecule has 3 unspecified atom stereocenters. The van der Waals surface area contributed by atoms with Gasteiger partial charge in [0.2, 0.25) is 0 Å². The molecule has 106 valence electrons. The monoisotopic (exact) mass is 278 g/mol. The van der Waals surface area contributed by atoms with Crippen LogP contribution in [-0.2, 0) is 0 Å². The molecule has 0 aliphatic rings. The van der Waals surface area contributed by atoms with Crippen LogP contribution in [0, 0.1) is 5.92 Å². The predicted octanol–water partition coefficient (Wildman–Crippen LogP) is 6.06. The van der Waals surface area contributed by atoms with Gasteiger partial charge in [-0.2, -0.15) is 24.4 Å². The lowest BCUT2D eigenvalue weighted by Gasteiger charge is -2.18. The number of hydrogen-bond acceptors (Lipinski definition) is 2. The van der Waals surface area contributed by atoms with E-state index in [1.807, 2.05) is 13.8 Å². The van der Waals surface area contributed by atoms with Gasteiger partial charge in [0.1, 0.15) is 0 Å². The van der Waals surface area contributed by atoms with Crippen molar-refractivity contribution in [3.05, 3.63) is 0 Å². The Hall–Kier alpha value is 0.700. The summed E-state index contributed by atoms with van der Waals surface area (Å²) in [6.45, 7) is 15.5. The molecule has 0 rings (SSSR count). The van der Waals surface area contributed by atoms with E-state index < -0.39 is 0 Å². The molecule has 0 spiro atoms. The third-order valence-corrected chi connectivity index (χ3v) is 4.26. The van der Waals surface area contributed by atoms with E-state index in [-0.39, 0.29) is 0 Å². The highest BCUT2D eigenvalue weighted by atomic mass is 32.2. The van der Waals surface area contributed by atoms with Gasteiger partial charge in [-0.25, -0.2) is 0 Å². The topological polar surface area (TPSA) is 0 Å². The molecular weight excluding hydrogens is 244 g/mol. The molecule has 0 radical (unpaired) electrons. The molecule has 0 bridgehead atoms. The van der Waals surface area contributed by atoms with Gasteiger partial charge in [-0.15, -0.1) is 0 Å². The highest BCUT2D eigenvalue weighted by Gasteiger charge is 2.10. The summed E-state index contributed by atoms with van der Waals surface area (Å²) in [4.78, 5) is 0. The van der Waals surface area contributed by atoms with E-state index in [0.717, 1.165) is 16.4 Å². The molecule has 0 aliphatic heterocycles. The summed E-state index contributed by atoms with van der Waals surface area (Å²) >= 11 is 6.57. The van der Waals surface area contributed by atoms with Crippen molar-refractivity contribution in [2.45, 2.75) is 89.9 Å². The number of rotatable bonds is 8. The Bertz CT molecular complexity index is 128. The molecule has 0 saturated carbocycles. The van der Waals surface area contributed by atoms with Crippen molar-refractivity contribution in [1.82, 2.24) is 0 Å². The molecule has 17 heavy (non-hydrogen) atoms. The zero-order chi connectivity index (χ0) is 13.8. The molecule has 0 aromatic heterocycles. The van der Waals surface area contributed by atoms with Gasteiger partial charge < -0.3 is 0 Å². The van der Waals surface area contributed by atoms with Gasteiger partial charge in [0.05, 0.1) is 0 Å². The Labute approximate surface area is 120 Å². The Morgan fingerprint density at radius 3 is 1.53 bits per heavy atom. The highest BCUT2D eigenvalue weighted by Crippen LogP contribution is 2.26. The van der Waals surface area contributed by atoms with Gasteiger partial charge in [0.25, 0.3) is 0 Å². The van der Waals surface area contributed by atoms with Gasteiger partial charge >= 0.3 is 0 Å². The fourth-order valence-electron chi connectivity index (χ4n) is 1.58. The molecule has 0 amide bonds. The first-order valence-electron chi connectivity index (χ1n) is 7.25. The van der Waals surface area contributed by atoms with Crippen LogP contribution >= 0.6 is 24.4 Å². The van der Waals surface area contributed by atoms with E-state index >= 15 is 0 Å². The van der Waals surface area contributed by atoms with Crippen molar-refractivity contribution in [3.8, 4) is 0 Å². The minimum absolute atomic E-state index is 0.555. The van der Waals surface area contributed by atoms with Gasteiger partial charge in [0, 0.05) is 10.5 Å². The molecule has 3 atom stereocenters. The maximum atomic E-state index is 4.42. The summed E-state index contributed by atoms with van der Waals surface area (Å²) in [6.07, 6.45) is 5.28. The first-order valence-corrected chi connectivity index (χ1v) is 8.71. The van der Waals surface area contributed by atoms with Crippen LogP contribution in [0.15, 0.2) is 0 Å². The normalized spacial score (nSPS) is 16.1. The van der Waals surface area contributed by atoms with Crippen molar-refractivity contribution < 1.29 is 0 Å². The van der Waals surface area contributed by atoms with E-state index in [1.54, 1.807) is 0 Å². The first-order chi connectivity index (χ1) is 7.91. The first kappa shape index (κ1) is 20.0. The molecule has 0 fully saturated rings. The van der Waals surface area contributed by atoms with Crippen LogP contribution in [0.3, 0.4) is 0 Å². The van der Waals surface area contributed by atoms with Crippen LogP contribution in [0.4, 0.5) is 0 Å². The van der Waals surface area contributed by atoms with Crippen LogP contribution in [0.25, 0.3) is 0 Å². The molecule has 0 saturated heterocycles. The minimum atomic E-state index is 0.555. The second kappa shape index (κ2) is 13.1. The van der Waals surface area contributed by atoms with Crippen LogP contribution in [0.2, 0.25) is 0 Å². The quantitative estimate of drug-likeness (QED) is 0.527. The second-order valence-electron chi connectivity index (χ2n) is 5.15. The molecule has 0 nitrogen and oxygen atoms in total. The van der Waals surface area contributed by atoms with Crippen LogP contribution in [0.5, 0.6) is 0 Å². The van der Waals surface area contributed by atoms with Gasteiger partial charge in [0.15, 0.2) is 0 Å². The molecule has 0 heterocycles. The number of thiol groups is 1. The summed E-state index contributed by atoms with van der Waals surface area (Å²) < 4.78 is 0. The molecule has 0 aromatic rings. The molecule has 0 N–H and O–H groups in total. The lowest BCUT2D eigenvalue weighted by atomic mass is 10.1. The summed E-state index contributed by atoms with van der Waals surface area (Å²) in [6, 6.07) is 0. The smallest absolute Gasteiger partial charge is 0.00217 e. The van der Waals surface area contributed by atoms with Crippen LogP contribution < -0.4 is 0 Å². The maximum absolute atomic E-state index is 4.42. The Morgan fingerprint density at radius 2 is 1.18 bits per heavy atom. The average Bonchev–Trinajstić information content (AvgIpc) is 2.26. The largest absolute Gasteiger partial charge is 0.176 e. The predicted molar refractivity (Wildman–Crippen MR) is 89.6 cm³/mol. The number of hydrogen-bond donors (Lipinski definition) is 1. The molecule has 0 aromatic carbocycles. The summed E-state index contributed by atoms with van der Waals surface area (Å²) in [7, 11) is 0. The fraction of sp³-hybridized carbons (Fsp3) is 1.00. The maximum Gasteiger partial charge on any atom is 0.00217 e. The number of thioether (sulfide) groups is 1. The Balaban J connectivity index is 0. The standard InChI is InChI=1S/C13H28S2.C2H6/c1-10(2)6-8-12(4)15-13(5)9-7-11(3)14;1-2/h10-14H,6-9H2,1-5H3;1-2H3. The average molecular weight is 279 g/mol.